The Labute approximate surface area is 217 Å². The molecule has 0 fully saturated rings. The van der Waals surface area contributed by atoms with Crippen LogP contribution >= 0.6 is 11.6 Å². The van der Waals surface area contributed by atoms with Gasteiger partial charge in [0.25, 0.3) is 5.91 Å². The average Bonchev–Trinajstić information content (AvgIpc) is 2.90. The van der Waals surface area contributed by atoms with Gasteiger partial charge in [0, 0.05) is 11.1 Å². The molecular weight excluding hydrogens is 492 g/mol. The highest BCUT2D eigenvalue weighted by molar-refractivity contribution is 6.32. The monoisotopic (exact) mass is 514 g/mol. The molecule has 0 radical (unpaired) electrons. The third-order valence-electron chi connectivity index (χ3n) is 5.70. The summed E-state index contributed by atoms with van der Waals surface area (Å²) in [5.74, 6) is -1.60. The van der Waals surface area contributed by atoms with Crippen molar-refractivity contribution in [2.24, 2.45) is 10.8 Å². The van der Waals surface area contributed by atoms with Crippen molar-refractivity contribution in [1.82, 2.24) is 10.7 Å². The molecule has 5 N–H and O–H groups in total. The van der Waals surface area contributed by atoms with Crippen molar-refractivity contribution < 1.29 is 19.5 Å². The second-order valence-corrected chi connectivity index (χ2v) is 8.62. The third-order valence-corrected chi connectivity index (χ3v) is 6.00. The second-order valence-electron chi connectivity index (χ2n) is 8.22. The molecule has 0 aliphatic heterocycles. The van der Waals surface area contributed by atoms with Crippen molar-refractivity contribution in [1.29, 1.82) is 0 Å². The number of phenolic OH excluding ortho intramolecular Hbond substituents is 1. The van der Waals surface area contributed by atoms with Gasteiger partial charge < -0.3 is 16.2 Å². The molecule has 186 valence electrons. The van der Waals surface area contributed by atoms with Gasteiger partial charge in [-0.2, -0.15) is 5.10 Å². The molecule has 3 amide bonds. The van der Waals surface area contributed by atoms with Crippen molar-refractivity contribution in [3.63, 3.8) is 0 Å². The standard InChI is InChI=1S/C28H23ClN4O4/c29-23-14-19(12-13-24(23)34)28(37)33-31-16-20-11-10-18(21-8-4-5-9-22(20)21)15-25(35)32-26(27(30)36)17-6-2-1-3-7-17/h1-14,16,26,34H,15H2,(H2,30,36)(H,32,35)(H,33,37). The SMILES string of the molecule is NC(=O)C(NC(=O)Cc1ccc(C=NNC(=O)c2ccc(O)c(Cl)c2)c2ccccc12)c1ccccc1. The number of nitrogens with one attached hydrogen (secondary N) is 2. The minimum absolute atomic E-state index is 0.0346. The maximum absolute atomic E-state index is 12.8. The molecular formula is C28H23ClN4O4. The van der Waals surface area contributed by atoms with Crippen molar-refractivity contribution in [3.05, 3.63) is 112 Å². The van der Waals surface area contributed by atoms with Crippen LogP contribution in [0.5, 0.6) is 5.75 Å². The summed E-state index contributed by atoms with van der Waals surface area (Å²) in [4.78, 5) is 37.1. The Morgan fingerprint density at radius 3 is 2.35 bits per heavy atom. The van der Waals surface area contributed by atoms with Crippen LogP contribution in [0.15, 0.2) is 90.0 Å². The molecule has 37 heavy (non-hydrogen) atoms. The summed E-state index contributed by atoms with van der Waals surface area (Å²) in [5.41, 5.74) is 10.3. The molecule has 1 unspecified atom stereocenters. The van der Waals surface area contributed by atoms with E-state index in [-0.39, 0.29) is 28.7 Å². The number of aromatic hydroxyl groups is 1. The molecule has 0 aliphatic carbocycles. The second kappa shape index (κ2) is 11.4. The number of nitrogens with two attached hydrogens (primary N) is 1. The largest absolute Gasteiger partial charge is 0.506 e. The lowest BCUT2D eigenvalue weighted by atomic mass is 9.97. The van der Waals surface area contributed by atoms with Gasteiger partial charge in [0.05, 0.1) is 17.7 Å². The highest BCUT2D eigenvalue weighted by atomic mass is 35.5. The number of hydrogen-bond donors (Lipinski definition) is 4. The van der Waals surface area contributed by atoms with E-state index in [2.05, 4.69) is 15.8 Å². The highest BCUT2D eigenvalue weighted by Gasteiger charge is 2.20. The summed E-state index contributed by atoms with van der Waals surface area (Å²) >= 11 is 5.86. The van der Waals surface area contributed by atoms with Gasteiger partial charge in [0.15, 0.2) is 0 Å². The summed E-state index contributed by atoms with van der Waals surface area (Å²) < 4.78 is 0. The number of phenols is 1. The Morgan fingerprint density at radius 1 is 0.946 bits per heavy atom. The van der Waals surface area contributed by atoms with Gasteiger partial charge in [0.2, 0.25) is 11.8 Å². The van der Waals surface area contributed by atoms with Gasteiger partial charge in [0.1, 0.15) is 11.8 Å². The summed E-state index contributed by atoms with van der Waals surface area (Å²) in [6.45, 7) is 0. The number of halogens is 1. The Hall–Kier alpha value is -4.69. The van der Waals surface area contributed by atoms with E-state index in [0.717, 1.165) is 21.9 Å². The predicted octanol–water partition coefficient (Wildman–Crippen LogP) is 3.85. The summed E-state index contributed by atoms with van der Waals surface area (Å²) in [7, 11) is 0. The van der Waals surface area contributed by atoms with Crippen LogP contribution in [-0.4, -0.2) is 29.0 Å². The van der Waals surface area contributed by atoms with Gasteiger partial charge in [-0.15, -0.1) is 0 Å². The predicted molar refractivity (Wildman–Crippen MR) is 142 cm³/mol. The molecule has 0 saturated carbocycles. The summed E-state index contributed by atoms with van der Waals surface area (Å²) in [5, 5.41) is 18.0. The molecule has 0 aromatic heterocycles. The van der Waals surface area contributed by atoms with E-state index in [1.807, 2.05) is 30.3 Å². The van der Waals surface area contributed by atoms with Crippen LogP contribution in [-0.2, 0) is 16.0 Å². The zero-order valence-corrected chi connectivity index (χ0v) is 20.3. The van der Waals surface area contributed by atoms with Gasteiger partial charge >= 0.3 is 0 Å². The van der Waals surface area contributed by atoms with Crippen LogP contribution in [0.1, 0.15) is 33.1 Å². The van der Waals surface area contributed by atoms with Crippen molar-refractivity contribution >= 4 is 46.3 Å². The van der Waals surface area contributed by atoms with Crippen LogP contribution < -0.4 is 16.5 Å². The lowest BCUT2D eigenvalue weighted by molar-refractivity contribution is -0.127. The molecule has 4 rings (SSSR count). The van der Waals surface area contributed by atoms with E-state index in [9.17, 15) is 19.5 Å². The quantitative estimate of drug-likeness (QED) is 0.210. The van der Waals surface area contributed by atoms with E-state index in [4.69, 9.17) is 17.3 Å². The Morgan fingerprint density at radius 2 is 1.65 bits per heavy atom. The van der Waals surface area contributed by atoms with Crippen LogP contribution in [0.4, 0.5) is 0 Å². The van der Waals surface area contributed by atoms with Crippen LogP contribution in [0.2, 0.25) is 5.02 Å². The zero-order chi connectivity index (χ0) is 26.4. The summed E-state index contributed by atoms with van der Waals surface area (Å²) in [6.07, 6.45) is 1.54. The fourth-order valence-electron chi connectivity index (χ4n) is 3.87. The molecule has 0 heterocycles. The fourth-order valence-corrected chi connectivity index (χ4v) is 4.05. The number of nitrogens with zero attached hydrogens (tertiary/aromatic N) is 1. The first-order chi connectivity index (χ1) is 17.8. The van der Waals surface area contributed by atoms with Crippen LogP contribution in [0.25, 0.3) is 10.8 Å². The van der Waals surface area contributed by atoms with E-state index in [1.54, 1.807) is 36.4 Å². The number of hydrogen-bond acceptors (Lipinski definition) is 5. The van der Waals surface area contributed by atoms with E-state index < -0.39 is 17.9 Å². The number of rotatable bonds is 8. The molecule has 0 bridgehead atoms. The van der Waals surface area contributed by atoms with Crippen LogP contribution in [0, 0.1) is 0 Å². The number of carbonyl (C=O) groups is 3. The zero-order valence-electron chi connectivity index (χ0n) is 19.5. The third kappa shape index (κ3) is 6.12. The number of carbonyl (C=O) groups excluding carboxylic acids is 3. The maximum atomic E-state index is 12.8. The minimum atomic E-state index is -0.932. The average molecular weight is 515 g/mol. The molecule has 8 nitrogen and oxygen atoms in total. The maximum Gasteiger partial charge on any atom is 0.271 e. The molecule has 1 atom stereocenters. The van der Waals surface area contributed by atoms with Gasteiger partial charge in [-0.3, -0.25) is 14.4 Å². The fraction of sp³-hybridized carbons (Fsp3) is 0.0714. The molecule has 9 heteroatoms. The van der Waals surface area contributed by atoms with E-state index in [1.165, 1.54) is 24.4 Å². The van der Waals surface area contributed by atoms with Crippen molar-refractivity contribution in [3.8, 4) is 5.75 Å². The molecule has 0 saturated heterocycles. The number of hydrazone groups is 1. The minimum Gasteiger partial charge on any atom is -0.506 e. The number of benzene rings is 4. The number of fused-ring (bicyclic) bond motifs is 1. The number of primary amides is 1. The molecule has 4 aromatic carbocycles. The summed E-state index contributed by atoms with van der Waals surface area (Å²) in [6, 6.07) is 23.1. The van der Waals surface area contributed by atoms with Crippen LogP contribution in [0.3, 0.4) is 0 Å². The lowest BCUT2D eigenvalue weighted by Crippen LogP contribution is -2.38. The lowest BCUT2D eigenvalue weighted by Gasteiger charge is -2.16. The van der Waals surface area contributed by atoms with E-state index >= 15 is 0 Å². The highest BCUT2D eigenvalue weighted by Crippen LogP contribution is 2.24. The van der Waals surface area contributed by atoms with Gasteiger partial charge in [-0.05, 0) is 40.1 Å². The van der Waals surface area contributed by atoms with Gasteiger partial charge in [-0.1, -0.05) is 78.3 Å². The number of amides is 3. The smallest absolute Gasteiger partial charge is 0.271 e. The Kier molecular flexibility index (Phi) is 7.80. The first kappa shape index (κ1) is 25.4. The van der Waals surface area contributed by atoms with E-state index in [0.29, 0.717) is 5.56 Å². The normalized spacial score (nSPS) is 11.8. The van der Waals surface area contributed by atoms with Crippen molar-refractivity contribution in [2.45, 2.75) is 12.5 Å². The van der Waals surface area contributed by atoms with Gasteiger partial charge in [-0.25, -0.2) is 5.43 Å². The first-order valence-electron chi connectivity index (χ1n) is 11.3. The molecule has 0 spiro atoms. The molecule has 0 aliphatic rings. The Bertz CT molecular complexity index is 1510. The first-order valence-corrected chi connectivity index (χ1v) is 11.7. The topological polar surface area (TPSA) is 134 Å². The molecule has 4 aromatic rings. The van der Waals surface area contributed by atoms with Crippen molar-refractivity contribution in [2.75, 3.05) is 0 Å². The Balaban J connectivity index is 1.50.